The van der Waals surface area contributed by atoms with Crippen LogP contribution in [0.25, 0.3) is 0 Å². The van der Waals surface area contributed by atoms with E-state index in [1.165, 1.54) is 0 Å². The molecule has 0 spiro atoms. The summed E-state index contributed by atoms with van der Waals surface area (Å²) in [5, 5.41) is 0. The Kier molecular flexibility index (Phi) is 10.2. The molecular formula is C11H27NO8P2. The minimum atomic E-state index is -4.12. The SMILES string of the molecule is CO[PH](O)(O)OC1CCOC1CO[PH](=O)OCCCCCN. The van der Waals surface area contributed by atoms with Gasteiger partial charge in [0, 0.05) is 0 Å². The van der Waals surface area contributed by atoms with Crippen molar-refractivity contribution < 1.29 is 37.2 Å². The Labute approximate surface area is 131 Å². The van der Waals surface area contributed by atoms with Crippen molar-refractivity contribution in [3.63, 3.8) is 0 Å². The summed E-state index contributed by atoms with van der Waals surface area (Å²) < 4.78 is 36.7. The van der Waals surface area contributed by atoms with Gasteiger partial charge in [-0.3, -0.25) is 0 Å². The monoisotopic (exact) mass is 363 g/mol. The summed E-state index contributed by atoms with van der Waals surface area (Å²) in [6.07, 6.45) is 1.99. The van der Waals surface area contributed by atoms with Crippen molar-refractivity contribution in [2.24, 2.45) is 5.73 Å². The van der Waals surface area contributed by atoms with E-state index in [9.17, 15) is 14.4 Å². The summed E-state index contributed by atoms with van der Waals surface area (Å²) in [7, 11) is -5.56. The summed E-state index contributed by atoms with van der Waals surface area (Å²) in [6.45, 7) is 1.39. The molecular weight excluding hydrogens is 336 g/mol. The van der Waals surface area contributed by atoms with E-state index < -0.39 is 28.6 Å². The Hall–Kier alpha value is 0.340. The number of rotatable bonds is 12. The fraction of sp³-hybridized carbons (Fsp3) is 1.00. The van der Waals surface area contributed by atoms with E-state index in [1.807, 2.05) is 0 Å². The summed E-state index contributed by atoms with van der Waals surface area (Å²) in [4.78, 5) is 18.9. The Balaban J connectivity index is 2.20. The number of ether oxygens (including phenoxy) is 1. The first kappa shape index (κ1) is 20.4. The van der Waals surface area contributed by atoms with Gasteiger partial charge in [0.1, 0.15) is 0 Å². The van der Waals surface area contributed by atoms with Gasteiger partial charge in [-0.05, 0) is 0 Å². The summed E-state index contributed by atoms with van der Waals surface area (Å²) >= 11 is 0. The zero-order valence-electron chi connectivity index (χ0n) is 12.7. The number of nitrogens with two attached hydrogens (primary N) is 1. The van der Waals surface area contributed by atoms with Gasteiger partial charge >= 0.3 is 125 Å². The quantitative estimate of drug-likeness (QED) is 0.340. The summed E-state index contributed by atoms with van der Waals surface area (Å²) in [5.41, 5.74) is 5.37. The number of unbranched alkanes of at least 4 members (excludes halogenated alkanes) is 2. The van der Waals surface area contributed by atoms with Crippen LogP contribution in [-0.4, -0.2) is 55.5 Å². The molecule has 0 aromatic carbocycles. The van der Waals surface area contributed by atoms with Gasteiger partial charge < -0.3 is 5.73 Å². The van der Waals surface area contributed by atoms with E-state index in [2.05, 4.69) is 4.52 Å². The molecule has 0 amide bonds. The van der Waals surface area contributed by atoms with Crippen LogP contribution in [0.15, 0.2) is 0 Å². The molecule has 4 N–H and O–H groups in total. The fourth-order valence-corrected chi connectivity index (χ4v) is 3.39. The van der Waals surface area contributed by atoms with Crippen LogP contribution in [0.2, 0.25) is 0 Å². The molecule has 0 radical (unpaired) electrons. The third-order valence-electron chi connectivity index (χ3n) is 3.15. The second-order valence-electron chi connectivity index (χ2n) is 4.87. The predicted octanol–water partition coefficient (Wildman–Crippen LogP) is 0.753. The van der Waals surface area contributed by atoms with Crippen LogP contribution in [0, 0.1) is 0 Å². The molecule has 1 saturated heterocycles. The van der Waals surface area contributed by atoms with Crippen LogP contribution in [0.3, 0.4) is 0 Å². The topological polar surface area (TPSA) is 130 Å². The fourth-order valence-electron chi connectivity index (χ4n) is 1.93. The zero-order valence-corrected chi connectivity index (χ0v) is 14.7. The van der Waals surface area contributed by atoms with Gasteiger partial charge in [0.2, 0.25) is 0 Å². The van der Waals surface area contributed by atoms with Crippen molar-refractivity contribution in [1.82, 2.24) is 0 Å². The maximum absolute atomic E-state index is 11.6. The molecule has 0 saturated carbocycles. The average molecular weight is 363 g/mol. The molecule has 1 fully saturated rings. The van der Waals surface area contributed by atoms with E-state index in [-0.39, 0.29) is 6.61 Å². The van der Waals surface area contributed by atoms with Crippen molar-refractivity contribution in [3.05, 3.63) is 0 Å². The Morgan fingerprint density at radius 3 is 2.77 bits per heavy atom. The third kappa shape index (κ3) is 8.26. The second-order valence-corrected chi connectivity index (χ2v) is 7.68. The zero-order chi connectivity index (χ0) is 16.4. The first-order chi connectivity index (χ1) is 10.5. The van der Waals surface area contributed by atoms with Crippen LogP contribution in [0.5, 0.6) is 0 Å². The van der Waals surface area contributed by atoms with E-state index in [0.29, 0.717) is 26.2 Å². The third-order valence-corrected chi connectivity index (χ3v) is 5.14. The molecule has 1 aliphatic heterocycles. The van der Waals surface area contributed by atoms with Gasteiger partial charge in [0.15, 0.2) is 0 Å². The van der Waals surface area contributed by atoms with Crippen molar-refractivity contribution in [3.8, 4) is 0 Å². The molecule has 11 heteroatoms. The number of hydrogen-bond acceptors (Lipinski definition) is 9. The van der Waals surface area contributed by atoms with Crippen LogP contribution < -0.4 is 5.73 Å². The smallest absolute Gasteiger partial charge is 0.330 e. The first-order valence-electron chi connectivity index (χ1n) is 7.27. The minimum Gasteiger partial charge on any atom is -0.330 e. The Morgan fingerprint density at radius 1 is 1.32 bits per heavy atom. The van der Waals surface area contributed by atoms with E-state index in [4.69, 9.17) is 24.0 Å². The molecule has 0 aliphatic carbocycles. The Morgan fingerprint density at radius 2 is 2.09 bits per heavy atom. The Bertz CT molecular complexity index is 333. The van der Waals surface area contributed by atoms with Crippen molar-refractivity contribution in [2.45, 2.75) is 37.9 Å². The molecule has 0 bridgehead atoms. The van der Waals surface area contributed by atoms with Crippen LogP contribution >= 0.6 is 16.4 Å². The van der Waals surface area contributed by atoms with E-state index in [0.717, 1.165) is 26.4 Å². The molecule has 0 aromatic heterocycles. The van der Waals surface area contributed by atoms with Crippen LogP contribution in [0.1, 0.15) is 25.7 Å². The molecule has 3 atom stereocenters. The average Bonchev–Trinajstić information content (AvgIpc) is 2.91. The molecule has 1 aliphatic rings. The molecule has 9 nitrogen and oxygen atoms in total. The van der Waals surface area contributed by atoms with Gasteiger partial charge in [-0.25, -0.2) is 0 Å². The minimum absolute atomic E-state index is 0.000538. The molecule has 22 heavy (non-hydrogen) atoms. The predicted molar refractivity (Wildman–Crippen MR) is 82.8 cm³/mol. The molecule has 1 rings (SSSR count). The summed E-state index contributed by atoms with van der Waals surface area (Å²) in [6, 6.07) is 0. The maximum atomic E-state index is 11.6. The molecule has 0 aromatic rings. The standard InChI is InChI=1S/C11H27NO8P2/c1-16-22(14,15)20-10-5-8-17-11(10)9-19-21(13)18-7-4-2-3-6-12/h10-11,14-15,21-22H,2-9,12H2,1H3. The van der Waals surface area contributed by atoms with Crippen molar-refractivity contribution >= 4 is 16.4 Å². The van der Waals surface area contributed by atoms with Crippen LogP contribution in [-0.2, 0) is 27.4 Å². The first-order valence-corrected chi connectivity index (χ1v) is 10.2. The second kappa shape index (κ2) is 11.0. The molecule has 134 valence electrons. The molecule has 1 heterocycles. The van der Waals surface area contributed by atoms with Gasteiger partial charge in [-0.15, -0.1) is 0 Å². The van der Waals surface area contributed by atoms with E-state index in [1.54, 1.807) is 0 Å². The van der Waals surface area contributed by atoms with Crippen molar-refractivity contribution in [2.75, 3.05) is 33.5 Å². The number of hydrogen-bond donors (Lipinski definition) is 3. The van der Waals surface area contributed by atoms with Gasteiger partial charge in [0.05, 0.1) is 0 Å². The summed E-state index contributed by atoms with van der Waals surface area (Å²) in [5.74, 6) is 0. The molecule has 3 unspecified atom stereocenters. The van der Waals surface area contributed by atoms with Crippen molar-refractivity contribution in [1.29, 1.82) is 0 Å². The van der Waals surface area contributed by atoms with Gasteiger partial charge in [-0.2, -0.15) is 0 Å². The normalized spacial score (nSPS) is 24.5. The van der Waals surface area contributed by atoms with Gasteiger partial charge in [-0.1, -0.05) is 0 Å². The van der Waals surface area contributed by atoms with Gasteiger partial charge in [0.25, 0.3) is 0 Å². The van der Waals surface area contributed by atoms with Crippen LogP contribution in [0.4, 0.5) is 0 Å². The van der Waals surface area contributed by atoms with E-state index >= 15 is 0 Å².